The molecule has 0 spiro atoms. The first kappa shape index (κ1) is 25.8. The number of piperazine rings is 1. The zero-order valence-electron chi connectivity index (χ0n) is 21.0. The van der Waals surface area contributed by atoms with Crippen LogP contribution in [0.2, 0.25) is 5.15 Å². The summed E-state index contributed by atoms with van der Waals surface area (Å²) in [7, 11) is 0. The molecule has 1 aromatic heterocycles. The van der Waals surface area contributed by atoms with E-state index in [9.17, 15) is 9.59 Å². The molecule has 1 aromatic carbocycles. The number of rotatable bonds is 5. The first-order chi connectivity index (χ1) is 16.6. The second-order valence-electron chi connectivity index (χ2n) is 10.3. The third kappa shape index (κ3) is 6.28. The fourth-order valence-corrected chi connectivity index (χ4v) is 5.53. The number of carbonyl (C=O) groups excluding carboxylic acids is 2. The summed E-state index contributed by atoms with van der Waals surface area (Å²) < 4.78 is 0. The van der Waals surface area contributed by atoms with E-state index in [0.29, 0.717) is 41.3 Å². The minimum absolute atomic E-state index is 0.0140. The lowest BCUT2D eigenvalue weighted by atomic mass is 9.86. The second kappa shape index (κ2) is 10.7. The highest BCUT2D eigenvalue weighted by Crippen LogP contribution is 2.26. The van der Waals surface area contributed by atoms with Crippen LogP contribution in [0.5, 0.6) is 0 Å². The van der Waals surface area contributed by atoms with Crippen LogP contribution >= 0.6 is 23.4 Å². The maximum atomic E-state index is 13.2. The van der Waals surface area contributed by atoms with Gasteiger partial charge in [-0.25, -0.2) is 9.97 Å². The van der Waals surface area contributed by atoms with Gasteiger partial charge >= 0.3 is 0 Å². The van der Waals surface area contributed by atoms with Gasteiger partial charge in [0.2, 0.25) is 5.91 Å². The van der Waals surface area contributed by atoms with E-state index in [1.807, 2.05) is 34.1 Å². The topological polar surface area (TPSA) is 69.6 Å². The van der Waals surface area contributed by atoms with Crippen LogP contribution in [0.1, 0.15) is 56.5 Å². The van der Waals surface area contributed by atoms with Crippen molar-refractivity contribution in [2.24, 2.45) is 0 Å². The molecule has 2 fully saturated rings. The second-order valence-corrected chi connectivity index (χ2v) is 11.7. The number of amides is 2. The molecular weight excluding hydrogens is 482 g/mol. The van der Waals surface area contributed by atoms with Crippen molar-refractivity contribution in [3.8, 4) is 0 Å². The number of hydrogen-bond acceptors (Lipinski definition) is 6. The van der Waals surface area contributed by atoms with Gasteiger partial charge in [0.05, 0.1) is 5.75 Å². The Labute approximate surface area is 217 Å². The molecule has 0 radical (unpaired) electrons. The monoisotopic (exact) mass is 515 g/mol. The van der Waals surface area contributed by atoms with E-state index in [2.05, 4.69) is 42.6 Å². The lowest BCUT2D eigenvalue weighted by Gasteiger charge is -2.40. The number of thioether (sulfide) groups is 1. The molecule has 2 aromatic rings. The van der Waals surface area contributed by atoms with Crippen LogP contribution in [-0.2, 0) is 10.2 Å². The average Bonchev–Trinajstić information content (AvgIpc) is 3.36. The highest BCUT2D eigenvalue weighted by molar-refractivity contribution is 7.99. The van der Waals surface area contributed by atoms with Crippen molar-refractivity contribution in [2.75, 3.05) is 43.4 Å². The van der Waals surface area contributed by atoms with Crippen LogP contribution in [0.25, 0.3) is 0 Å². The van der Waals surface area contributed by atoms with Gasteiger partial charge in [0.1, 0.15) is 11.0 Å². The zero-order chi connectivity index (χ0) is 25.2. The molecule has 4 rings (SSSR count). The van der Waals surface area contributed by atoms with Crippen LogP contribution in [0.15, 0.2) is 35.5 Å². The number of nitrogens with zero attached hydrogens (tertiary/aromatic N) is 5. The summed E-state index contributed by atoms with van der Waals surface area (Å²) >= 11 is 7.63. The van der Waals surface area contributed by atoms with Gasteiger partial charge in [0.25, 0.3) is 5.91 Å². The average molecular weight is 516 g/mol. The van der Waals surface area contributed by atoms with E-state index in [0.717, 1.165) is 31.7 Å². The molecule has 1 unspecified atom stereocenters. The van der Waals surface area contributed by atoms with E-state index in [-0.39, 0.29) is 23.3 Å². The largest absolute Gasteiger partial charge is 0.353 e. The van der Waals surface area contributed by atoms with E-state index in [1.165, 1.54) is 17.3 Å². The van der Waals surface area contributed by atoms with Crippen molar-refractivity contribution in [2.45, 2.75) is 57.1 Å². The number of halogens is 1. The van der Waals surface area contributed by atoms with Crippen LogP contribution in [0, 0.1) is 0 Å². The molecule has 1 atom stereocenters. The number of aromatic nitrogens is 2. The maximum Gasteiger partial charge on any atom is 0.254 e. The minimum Gasteiger partial charge on any atom is -0.353 e. The maximum absolute atomic E-state index is 13.2. The molecule has 3 heterocycles. The third-order valence-corrected chi connectivity index (χ3v) is 7.68. The molecule has 2 aliphatic heterocycles. The SMILES string of the molecule is CC1CN(c2cc(Cl)nc(SCC(=O)N3CCCC3)n2)CCN1C(=O)c1ccc(C(C)(C)C)cc1. The van der Waals surface area contributed by atoms with Crippen molar-refractivity contribution in [1.82, 2.24) is 19.8 Å². The Kier molecular flexibility index (Phi) is 7.91. The lowest BCUT2D eigenvalue weighted by Crippen LogP contribution is -2.54. The minimum atomic E-state index is 0.0140. The molecular formula is C26H34ClN5O2S. The summed E-state index contributed by atoms with van der Waals surface area (Å²) in [6.45, 7) is 12.1. The summed E-state index contributed by atoms with van der Waals surface area (Å²) in [5, 5.41) is 0.862. The summed E-state index contributed by atoms with van der Waals surface area (Å²) in [5.74, 6) is 1.21. The fraction of sp³-hybridized carbons (Fsp3) is 0.538. The molecule has 0 aliphatic carbocycles. The summed E-state index contributed by atoms with van der Waals surface area (Å²) in [5.41, 5.74) is 1.98. The van der Waals surface area contributed by atoms with E-state index in [4.69, 9.17) is 11.6 Å². The van der Waals surface area contributed by atoms with Gasteiger partial charge in [-0.1, -0.05) is 56.3 Å². The van der Waals surface area contributed by atoms with Gasteiger partial charge in [-0.3, -0.25) is 9.59 Å². The van der Waals surface area contributed by atoms with E-state index >= 15 is 0 Å². The zero-order valence-corrected chi connectivity index (χ0v) is 22.5. The van der Waals surface area contributed by atoms with Crippen molar-refractivity contribution >= 4 is 41.0 Å². The van der Waals surface area contributed by atoms with Gasteiger partial charge in [0, 0.05) is 50.4 Å². The predicted octanol–water partition coefficient (Wildman–Crippen LogP) is 4.49. The molecule has 0 saturated carbocycles. The molecule has 0 N–H and O–H groups in total. The van der Waals surface area contributed by atoms with Gasteiger partial charge in [-0.05, 0) is 42.9 Å². The Hall–Kier alpha value is -2.32. The Morgan fingerprint density at radius 3 is 2.37 bits per heavy atom. The van der Waals surface area contributed by atoms with Gasteiger partial charge in [-0.2, -0.15) is 0 Å². The quantitative estimate of drug-likeness (QED) is 0.332. The Morgan fingerprint density at radius 1 is 1.06 bits per heavy atom. The smallest absolute Gasteiger partial charge is 0.254 e. The Balaban J connectivity index is 1.38. The molecule has 0 bridgehead atoms. The summed E-state index contributed by atoms with van der Waals surface area (Å²) in [6, 6.07) is 9.72. The fourth-order valence-electron chi connectivity index (χ4n) is 4.54. The first-order valence-corrected chi connectivity index (χ1v) is 13.6. The van der Waals surface area contributed by atoms with E-state index in [1.54, 1.807) is 6.07 Å². The first-order valence-electron chi connectivity index (χ1n) is 12.2. The van der Waals surface area contributed by atoms with Gasteiger partial charge in [0.15, 0.2) is 5.16 Å². The highest BCUT2D eigenvalue weighted by atomic mass is 35.5. The Bertz CT molecular complexity index is 1070. The molecule has 35 heavy (non-hydrogen) atoms. The van der Waals surface area contributed by atoms with E-state index < -0.39 is 0 Å². The highest BCUT2D eigenvalue weighted by Gasteiger charge is 2.29. The van der Waals surface area contributed by atoms with Gasteiger partial charge < -0.3 is 14.7 Å². The summed E-state index contributed by atoms with van der Waals surface area (Å²) in [4.78, 5) is 40.5. The van der Waals surface area contributed by atoms with Gasteiger partial charge in [-0.15, -0.1) is 0 Å². The third-order valence-electron chi connectivity index (χ3n) is 6.65. The van der Waals surface area contributed by atoms with Crippen LogP contribution in [0.4, 0.5) is 5.82 Å². The van der Waals surface area contributed by atoms with Crippen molar-refractivity contribution in [1.29, 1.82) is 0 Å². The number of benzene rings is 1. The van der Waals surface area contributed by atoms with Crippen LogP contribution in [-0.4, -0.2) is 76.1 Å². The molecule has 188 valence electrons. The van der Waals surface area contributed by atoms with Crippen molar-refractivity contribution in [3.05, 3.63) is 46.6 Å². The van der Waals surface area contributed by atoms with Crippen molar-refractivity contribution < 1.29 is 9.59 Å². The Morgan fingerprint density at radius 2 is 1.74 bits per heavy atom. The van der Waals surface area contributed by atoms with Crippen molar-refractivity contribution in [3.63, 3.8) is 0 Å². The number of likely N-dealkylation sites (tertiary alicyclic amines) is 1. The normalized spacial score (nSPS) is 18.8. The molecule has 2 amide bonds. The molecule has 7 nitrogen and oxygen atoms in total. The predicted molar refractivity (Wildman–Crippen MR) is 141 cm³/mol. The lowest BCUT2D eigenvalue weighted by molar-refractivity contribution is -0.127. The summed E-state index contributed by atoms with van der Waals surface area (Å²) in [6.07, 6.45) is 2.15. The number of hydrogen-bond donors (Lipinski definition) is 0. The van der Waals surface area contributed by atoms with Crippen LogP contribution in [0.3, 0.4) is 0 Å². The number of carbonyl (C=O) groups is 2. The standard InChI is InChI=1S/C26H34ClN5O2S/c1-18-16-31(13-14-32(18)24(34)19-7-9-20(10-8-19)26(2,3)4)22-15-21(27)28-25(29-22)35-17-23(33)30-11-5-6-12-30/h7-10,15,18H,5-6,11-14,16-17H2,1-4H3. The van der Waals surface area contributed by atoms with Crippen LogP contribution < -0.4 is 4.90 Å². The number of anilines is 1. The molecule has 9 heteroatoms. The molecule has 2 saturated heterocycles. The molecule has 2 aliphatic rings.